The summed E-state index contributed by atoms with van der Waals surface area (Å²) >= 11 is 0. The molecule has 6 atom stereocenters. The molecule has 0 saturated carbocycles. The average Bonchev–Trinajstić information content (AvgIpc) is 0.729. The lowest BCUT2D eigenvalue weighted by atomic mass is 10.1. The number of rotatable bonds is 42. The molecular formula is C78H96N9O24P3. The summed E-state index contributed by atoms with van der Waals surface area (Å²) in [7, 11) is -14.7. The van der Waals surface area contributed by atoms with Crippen LogP contribution >= 0.6 is 23.0 Å². The van der Waals surface area contributed by atoms with Crippen molar-refractivity contribution in [2.75, 3.05) is 39.6 Å². The molecule has 0 saturated heterocycles. The van der Waals surface area contributed by atoms with Gasteiger partial charge in [0.1, 0.15) is 70.7 Å². The third kappa shape index (κ3) is 28.6. The summed E-state index contributed by atoms with van der Waals surface area (Å²) in [6, 6.07) is 30.6. The predicted molar refractivity (Wildman–Crippen MR) is 418 cm³/mol. The first-order chi connectivity index (χ1) is 54.4. The quantitative estimate of drug-likeness (QED) is 0.0118. The molecule has 6 amide bonds. The highest BCUT2D eigenvalue weighted by Crippen LogP contribution is 2.78. The van der Waals surface area contributed by atoms with Crippen molar-refractivity contribution < 1.29 is 113 Å². The molecular weight excluding hydrogens is 1540 g/mol. The minimum Gasteiger partial charge on any atom is -0.464 e. The van der Waals surface area contributed by atoms with E-state index in [1.165, 1.54) is 114 Å². The van der Waals surface area contributed by atoms with E-state index >= 15 is 0 Å². The second-order valence-electron chi connectivity index (χ2n) is 25.4. The molecule has 0 bridgehead atoms. The zero-order valence-corrected chi connectivity index (χ0v) is 68.0. The number of carbonyl (C=O) groups excluding carboxylic acids is 12. The number of esters is 6. The van der Waals surface area contributed by atoms with Gasteiger partial charge in [0.15, 0.2) is 0 Å². The van der Waals surface area contributed by atoms with E-state index in [1.54, 1.807) is 114 Å². The lowest BCUT2D eigenvalue weighted by molar-refractivity contribution is -0.147. The van der Waals surface area contributed by atoms with Crippen LogP contribution in [0, 0.1) is 0 Å². The summed E-state index contributed by atoms with van der Waals surface area (Å²) in [5, 5.41) is 15.8. The summed E-state index contributed by atoms with van der Waals surface area (Å²) in [4.78, 5) is 155. The summed E-state index contributed by atoms with van der Waals surface area (Å²) < 4.78 is 91.3. The molecule has 612 valence electrons. The smallest absolute Gasteiger partial charge is 0.460 e. The number of benzene rings is 6. The molecule has 0 fully saturated rings. The van der Waals surface area contributed by atoms with Gasteiger partial charge in [0.2, 0.25) is 35.4 Å². The highest BCUT2D eigenvalue weighted by Gasteiger charge is 2.49. The normalized spacial score (nSPS) is 16.8. The number of amides is 6. The Morgan fingerprint density at radius 1 is 0.237 bits per heavy atom. The topological polar surface area (TPSA) is 425 Å². The highest BCUT2D eigenvalue weighted by atomic mass is 31.3. The summed E-state index contributed by atoms with van der Waals surface area (Å²) in [6.45, 7) is 17.4. The van der Waals surface area contributed by atoms with Gasteiger partial charge in [-0.2, -0.15) is 0 Å². The molecule has 7 rings (SSSR count). The van der Waals surface area contributed by atoms with Crippen molar-refractivity contribution in [3.63, 3.8) is 0 Å². The van der Waals surface area contributed by atoms with Crippen molar-refractivity contribution in [2.24, 2.45) is 13.5 Å². The summed E-state index contributed by atoms with van der Waals surface area (Å²) in [6.07, 6.45) is -0.351. The maximum absolute atomic E-state index is 13.3. The van der Waals surface area contributed by atoms with Crippen molar-refractivity contribution in [1.29, 1.82) is 0 Å². The Kier molecular flexibility index (Phi) is 34.2. The predicted octanol–water partition coefficient (Wildman–Crippen LogP) is 9.97. The van der Waals surface area contributed by atoms with Gasteiger partial charge in [0, 0.05) is 80.1 Å². The van der Waals surface area contributed by atoms with Crippen LogP contribution in [0.1, 0.15) is 116 Å². The second kappa shape index (κ2) is 43.5. The first-order valence-electron chi connectivity index (χ1n) is 36.6. The minimum absolute atomic E-state index is 0.0205. The molecule has 6 unspecified atom stereocenters. The maximum Gasteiger partial charge on any atom is 0.460 e. The number of ether oxygens (including phenoxy) is 6. The van der Waals surface area contributed by atoms with Crippen molar-refractivity contribution in [3.8, 4) is 34.5 Å². The fraction of sp³-hybridized carbons (Fsp3) is 0.385. The Hall–Kier alpha value is -11.6. The second-order valence-corrected chi connectivity index (χ2v) is 31.6. The third-order valence-electron chi connectivity index (χ3n) is 15.9. The number of carbonyl (C=O) groups is 12. The van der Waals surface area contributed by atoms with Crippen LogP contribution in [0.5, 0.6) is 34.5 Å². The Labute approximate surface area is 660 Å². The van der Waals surface area contributed by atoms with Crippen LogP contribution < -0.4 is 59.0 Å². The van der Waals surface area contributed by atoms with E-state index in [4.69, 9.17) is 69.1 Å². The monoisotopic (exact) mass is 1640 g/mol. The van der Waals surface area contributed by atoms with Gasteiger partial charge >= 0.3 is 58.8 Å². The molecule has 6 aromatic carbocycles. The van der Waals surface area contributed by atoms with Crippen LogP contribution in [0.2, 0.25) is 0 Å². The lowest BCUT2D eigenvalue weighted by Crippen LogP contribution is -2.42. The molecule has 1 aliphatic rings. The fourth-order valence-electron chi connectivity index (χ4n) is 11.2. The largest absolute Gasteiger partial charge is 0.464 e. The van der Waals surface area contributed by atoms with Crippen LogP contribution in [0.4, 0.5) is 0 Å². The van der Waals surface area contributed by atoms with Gasteiger partial charge in [-0.1, -0.05) is 86.3 Å². The Morgan fingerprint density at radius 3 is 0.465 bits per heavy atom. The fourth-order valence-corrected chi connectivity index (χ4v) is 20.3. The molecule has 114 heavy (non-hydrogen) atoms. The van der Waals surface area contributed by atoms with E-state index in [0.717, 1.165) is 0 Å². The molecule has 33 nitrogen and oxygen atoms in total. The van der Waals surface area contributed by atoms with E-state index in [2.05, 4.69) is 31.9 Å². The van der Waals surface area contributed by atoms with Crippen molar-refractivity contribution >= 4 is 94.2 Å². The molecule has 0 radical (unpaired) electrons. The van der Waals surface area contributed by atoms with Crippen LogP contribution in [0.25, 0.3) is 0 Å². The molecule has 36 heteroatoms. The standard InChI is InChI=1S/C78H96N9O24P3/c1-13-100-73(94)67(79-49(7)88)43-55-19-31-61(32-20-55)106-112(107-62-33-21-56(22-34-62)44-68(80-50(8)89)74(95)101-14-2)85-113(108-63-35-23-57(24-36-63)45-69(81-51(9)90)75(96)102-15-3,109-64-37-25-58(26-38-64)46-70(82-52(10)91)76(97)103-16-4)87-114(86-112,110-65-39-27-59(28-40-65)47-71(83-53(11)92)77(98)104-17-5)111-66-41-29-60(30-42-66)48-72(84-54(12)93)78(99)105-18-6/h19-42,67-72H,13-18,43-48H2,1-12H3,(H,79,88)(H,80,89)(H,81,90)(H,82,91)(H,83,92)(H,84,93). The van der Waals surface area contributed by atoms with Crippen LogP contribution in [0.3, 0.4) is 0 Å². The zero-order valence-electron chi connectivity index (χ0n) is 65.3. The molecule has 1 heterocycles. The van der Waals surface area contributed by atoms with Crippen LogP contribution in [0.15, 0.2) is 159 Å². The van der Waals surface area contributed by atoms with E-state index < -0.39 is 130 Å². The molecule has 6 N–H and O–H groups in total. The Balaban J connectivity index is 1.61. The molecule has 0 spiro atoms. The maximum atomic E-state index is 13.3. The van der Waals surface area contributed by atoms with E-state index in [-0.39, 0.29) is 113 Å². The SMILES string of the molecule is CCOC(=O)C(Cc1ccc(OP2(Oc3ccc(CC(NC(C)=O)C(=O)OCC)cc3)=NP(Oc3ccc(CC(NC(C)=O)C(=O)OCC)cc3)(Oc3ccc(CC(NC(C)=O)C(=O)OCC)cc3)=NP(Oc3ccc(CC(NC(C)=O)C(=O)OCC)cc3)(Oc3ccc(CC(NC(C)=O)C(=O)OCC)cc3)=N2)cc1)NC(C)=O. The first kappa shape index (κ1) is 89.7. The van der Waals surface area contributed by atoms with Gasteiger partial charge in [-0.25, -0.2) is 28.8 Å². The molecule has 6 aromatic rings. The van der Waals surface area contributed by atoms with Gasteiger partial charge in [0.05, 0.1) is 39.6 Å². The number of nitrogens with one attached hydrogen (secondary N) is 6. The average molecular weight is 1640 g/mol. The van der Waals surface area contributed by atoms with Gasteiger partial charge in [-0.05, 0) is 148 Å². The number of hydrogen-bond donors (Lipinski definition) is 6. The van der Waals surface area contributed by atoms with Crippen LogP contribution in [-0.4, -0.2) is 147 Å². The number of hydrogen-bond acceptors (Lipinski definition) is 27. The van der Waals surface area contributed by atoms with Crippen LogP contribution in [-0.2, 0) is 124 Å². The molecule has 1 aliphatic heterocycles. The minimum atomic E-state index is -4.91. The zero-order chi connectivity index (χ0) is 83.1. The highest BCUT2D eigenvalue weighted by molar-refractivity contribution is 7.79. The first-order valence-corrected chi connectivity index (χ1v) is 41.2. The summed E-state index contributed by atoms with van der Waals surface area (Å²) in [5.74, 6) is -7.33. The lowest BCUT2D eigenvalue weighted by Gasteiger charge is -2.33. The Bertz CT molecular complexity index is 3810. The Morgan fingerprint density at radius 2 is 0.360 bits per heavy atom. The van der Waals surface area contributed by atoms with Gasteiger partial charge in [-0.15, -0.1) is 0 Å². The van der Waals surface area contributed by atoms with E-state index in [0.29, 0.717) is 33.4 Å². The number of nitrogens with zero attached hydrogens (tertiary/aromatic N) is 3. The van der Waals surface area contributed by atoms with Crippen molar-refractivity contribution in [3.05, 3.63) is 179 Å². The summed E-state index contributed by atoms with van der Waals surface area (Å²) in [5.41, 5.74) is 3.00. The van der Waals surface area contributed by atoms with Crippen molar-refractivity contribution in [2.45, 2.75) is 158 Å². The van der Waals surface area contributed by atoms with Gasteiger partial charge < -0.3 is 87.5 Å². The van der Waals surface area contributed by atoms with Gasteiger partial charge in [0.25, 0.3) is 0 Å². The van der Waals surface area contributed by atoms with Gasteiger partial charge in [-0.3, -0.25) is 28.8 Å². The molecule has 0 aliphatic carbocycles. The third-order valence-corrected chi connectivity index (χ3v) is 24.0. The van der Waals surface area contributed by atoms with E-state index in [9.17, 15) is 57.5 Å². The van der Waals surface area contributed by atoms with E-state index in [1.807, 2.05) is 0 Å². The molecule has 0 aromatic heterocycles. The van der Waals surface area contributed by atoms with Crippen molar-refractivity contribution in [1.82, 2.24) is 31.9 Å².